The highest BCUT2D eigenvalue weighted by Crippen LogP contribution is 2.66. The summed E-state index contributed by atoms with van der Waals surface area (Å²) in [5.74, 6) is 0. The number of benzene rings is 10. The third-order valence-corrected chi connectivity index (χ3v) is 16.6. The van der Waals surface area contributed by atoms with E-state index in [0.29, 0.717) is 0 Å². The molecule has 15 rings (SSSR count). The summed E-state index contributed by atoms with van der Waals surface area (Å²) in [7, 11) is 0. The van der Waals surface area contributed by atoms with E-state index in [2.05, 4.69) is 255 Å². The fourth-order valence-corrected chi connectivity index (χ4v) is 14.0. The van der Waals surface area contributed by atoms with Crippen molar-refractivity contribution in [1.82, 2.24) is 0 Å². The summed E-state index contributed by atoms with van der Waals surface area (Å²) < 4.78 is 0. The summed E-state index contributed by atoms with van der Waals surface area (Å²) in [6.07, 6.45) is 0. The van der Waals surface area contributed by atoms with Gasteiger partial charge in [0.2, 0.25) is 0 Å². The van der Waals surface area contributed by atoms with Crippen molar-refractivity contribution in [3.63, 3.8) is 0 Å². The molecule has 0 saturated carbocycles. The van der Waals surface area contributed by atoms with Crippen LogP contribution in [0.1, 0.15) is 70.8 Å². The summed E-state index contributed by atoms with van der Waals surface area (Å²) in [5, 5.41) is 0. The molecule has 10 aromatic carbocycles. The Hall–Kier alpha value is -8.20. The maximum absolute atomic E-state index is 2.55. The van der Waals surface area contributed by atoms with Gasteiger partial charge in [-0.1, -0.05) is 184 Å². The van der Waals surface area contributed by atoms with E-state index in [1.165, 1.54) is 112 Å². The average molecular weight is 867 g/mol. The molecule has 320 valence electrons. The Morgan fingerprint density at radius 3 is 1.51 bits per heavy atom. The minimum atomic E-state index is -0.488. The van der Waals surface area contributed by atoms with Gasteiger partial charge in [0.15, 0.2) is 0 Å². The maximum atomic E-state index is 2.55. The van der Waals surface area contributed by atoms with Crippen molar-refractivity contribution in [2.45, 2.75) is 37.0 Å². The van der Waals surface area contributed by atoms with Gasteiger partial charge in [0, 0.05) is 27.9 Å². The van der Waals surface area contributed by atoms with Crippen molar-refractivity contribution < 1.29 is 0 Å². The average Bonchev–Trinajstić information content (AvgIpc) is 4.03. The zero-order valence-electron chi connectivity index (χ0n) is 38.3. The van der Waals surface area contributed by atoms with Crippen LogP contribution in [0.2, 0.25) is 0 Å². The lowest BCUT2D eigenvalue weighted by molar-refractivity contribution is 0.661. The predicted octanol–water partition coefficient (Wildman–Crippen LogP) is 16.9. The highest BCUT2D eigenvalue weighted by atomic mass is 15.2. The van der Waals surface area contributed by atoms with E-state index in [1.54, 1.807) is 0 Å². The Balaban J connectivity index is 0.999. The molecule has 1 aliphatic heterocycles. The number of hydrogen-bond donors (Lipinski definition) is 0. The number of para-hydroxylation sites is 2. The number of rotatable bonds is 4. The van der Waals surface area contributed by atoms with Gasteiger partial charge in [-0.2, -0.15) is 0 Å². The second-order valence-corrected chi connectivity index (χ2v) is 20.1. The highest BCUT2D eigenvalue weighted by molar-refractivity contribution is 6.01. The Morgan fingerprint density at radius 2 is 0.809 bits per heavy atom. The maximum Gasteiger partial charge on any atom is 0.0725 e. The van der Waals surface area contributed by atoms with Crippen molar-refractivity contribution >= 4 is 34.1 Å². The molecular weight excluding hydrogens is 821 g/mol. The van der Waals surface area contributed by atoms with Crippen LogP contribution in [0.25, 0.3) is 44.5 Å². The molecule has 0 fully saturated rings. The van der Waals surface area contributed by atoms with E-state index >= 15 is 0 Å². The Labute approximate surface area is 398 Å². The molecule has 1 unspecified atom stereocenters. The lowest BCUT2D eigenvalue weighted by Gasteiger charge is -2.42. The van der Waals surface area contributed by atoms with Gasteiger partial charge < -0.3 is 9.80 Å². The molecule has 1 atom stereocenters. The van der Waals surface area contributed by atoms with Gasteiger partial charge in [-0.25, -0.2) is 0 Å². The van der Waals surface area contributed by atoms with Gasteiger partial charge >= 0.3 is 0 Å². The zero-order chi connectivity index (χ0) is 45.1. The number of hydrogen-bond acceptors (Lipinski definition) is 2. The molecule has 0 aromatic heterocycles. The van der Waals surface area contributed by atoms with Gasteiger partial charge in [-0.05, 0) is 156 Å². The quantitative estimate of drug-likeness (QED) is 0.174. The largest absolute Gasteiger partial charge is 0.310 e. The van der Waals surface area contributed by atoms with Crippen LogP contribution in [0.4, 0.5) is 34.1 Å². The van der Waals surface area contributed by atoms with Crippen LogP contribution < -0.4 is 9.80 Å². The summed E-state index contributed by atoms with van der Waals surface area (Å²) in [5.41, 5.74) is 28.8. The van der Waals surface area contributed by atoms with E-state index in [9.17, 15) is 0 Å². The molecule has 2 nitrogen and oxygen atoms in total. The minimum absolute atomic E-state index is 0.200. The SMILES string of the molecule is CC1(C)c2ccccc2-c2cccc(N(c3ccccc3)c3ccc4c(c3)-c3cc(N5c6ccccc6C6(C)c7ccccc7-c7cccc5c76)ccc3C43c4ccccc4-c4ccccc43)c21. The molecule has 1 spiro atoms. The standard InChI is InChI=1S/C66H46N2/c1-64(2)52-27-11-7-23-46(52)48-25-17-33-60(62(48)64)67(41-19-5-4-6-20-41)42-35-37-56-50(39-42)51-40-43(36-38-57(51)66(56)54-29-13-9-21-44(54)45-22-10-14-30-55(45)66)68-59-32-16-15-31-58(59)65(3)53-28-12-8-24-47(53)49-26-18-34-61(68)63(49)65/h4-40H,1-3H3. The van der Waals surface area contributed by atoms with Crippen LogP contribution >= 0.6 is 0 Å². The fourth-order valence-electron chi connectivity index (χ4n) is 14.0. The minimum Gasteiger partial charge on any atom is -0.310 e. The predicted molar refractivity (Wildman–Crippen MR) is 281 cm³/mol. The number of nitrogens with zero attached hydrogens (tertiary/aromatic N) is 2. The van der Waals surface area contributed by atoms with Crippen molar-refractivity contribution in [3.8, 4) is 44.5 Å². The summed E-state index contributed by atoms with van der Waals surface area (Å²) in [6.45, 7) is 7.23. The first kappa shape index (κ1) is 38.0. The van der Waals surface area contributed by atoms with Gasteiger partial charge in [0.1, 0.15) is 0 Å². The normalized spacial score (nSPS) is 17.0. The van der Waals surface area contributed by atoms with Crippen LogP contribution in [-0.2, 0) is 16.2 Å². The lowest BCUT2D eigenvalue weighted by atomic mass is 9.70. The molecule has 5 aliphatic rings. The third-order valence-electron chi connectivity index (χ3n) is 16.6. The molecular formula is C66H46N2. The molecule has 10 aromatic rings. The Bertz CT molecular complexity index is 3770. The van der Waals surface area contributed by atoms with Crippen molar-refractivity contribution in [1.29, 1.82) is 0 Å². The molecule has 1 heterocycles. The van der Waals surface area contributed by atoms with Crippen molar-refractivity contribution in [2.24, 2.45) is 0 Å². The Kier molecular flexibility index (Phi) is 7.39. The lowest BCUT2D eigenvalue weighted by Crippen LogP contribution is -2.32. The first-order valence-corrected chi connectivity index (χ1v) is 24.1. The molecule has 0 radical (unpaired) electrons. The van der Waals surface area contributed by atoms with E-state index in [0.717, 1.165) is 17.1 Å². The van der Waals surface area contributed by atoms with Crippen LogP contribution in [0.3, 0.4) is 0 Å². The van der Waals surface area contributed by atoms with Gasteiger partial charge in [-0.3, -0.25) is 0 Å². The van der Waals surface area contributed by atoms with Crippen LogP contribution in [0.15, 0.2) is 224 Å². The summed E-state index contributed by atoms with van der Waals surface area (Å²) >= 11 is 0. The molecule has 68 heavy (non-hydrogen) atoms. The third kappa shape index (κ3) is 4.53. The first-order chi connectivity index (χ1) is 33.4. The van der Waals surface area contributed by atoms with E-state index in [4.69, 9.17) is 0 Å². The smallest absolute Gasteiger partial charge is 0.0725 e. The molecule has 0 saturated heterocycles. The summed E-state index contributed by atoms with van der Waals surface area (Å²) in [6, 6.07) is 85.0. The van der Waals surface area contributed by atoms with E-state index < -0.39 is 5.41 Å². The number of anilines is 6. The van der Waals surface area contributed by atoms with Crippen LogP contribution in [-0.4, -0.2) is 0 Å². The van der Waals surface area contributed by atoms with Crippen LogP contribution in [0.5, 0.6) is 0 Å². The highest BCUT2D eigenvalue weighted by Gasteiger charge is 2.53. The summed E-state index contributed by atoms with van der Waals surface area (Å²) in [4.78, 5) is 5.07. The number of fused-ring (bicyclic) bond motifs is 18. The van der Waals surface area contributed by atoms with E-state index in [-0.39, 0.29) is 10.8 Å². The van der Waals surface area contributed by atoms with Crippen molar-refractivity contribution in [3.05, 3.63) is 275 Å². The van der Waals surface area contributed by atoms with Crippen LogP contribution in [0, 0.1) is 0 Å². The molecule has 4 aliphatic carbocycles. The van der Waals surface area contributed by atoms with E-state index in [1.807, 2.05) is 0 Å². The van der Waals surface area contributed by atoms with Gasteiger partial charge in [0.25, 0.3) is 0 Å². The topological polar surface area (TPSA) is 6.48 Å². The van der Waals surface area contributed by atoms with Gasteiger partial charge in [0.05, 0.1) is 22.5 Å². The monoisotopic (exact) mass is 866 g/mol. The molecule has 0 amide bonds. The zero-order valence-corrected chi connectivity index (χ0v) is 38.3. The first-order valence-electron chi connectivity index (χ1n) is 24.1. The Morgan fingerprint density at radius 1 is 0.324 bits per heavy atom. The molecule has 0 bridgehead atoms. The van der Waals surface area contributed by atoms with Crippen molar-refractivity contribution in [2.75, 3.05) is 9.80 Å². The fraction of sp³-hybridized carbons (Fsp3) is 0.0909. The second kappa shape index (κ2) is 13.2. The molecule has 0 N–H and O–H groups in total. The second-order valence-electron chi connectivity index (χ2n) is 20.1. The van der Waals surface area contributed by atoms with Gasteiger partial charge in [-0.15, -0.1) is 0 Å². The molecule has 2 heteroatoms.